The molecule has 1 fully saturated rings. The van der Waals surface area contributed by atoms with Gasteiger partial charge in [0, 0.05) is 17.1 Å². The first-order valence-electron chi connectivity index (χ1n) is 7.64. The van der Waals surface area contributed by atoms with E-state index >= 15 is 0 Å². The molecule has 0 spiro atoms. The van der Waals surface area contributed by atoms with Gasteiger partial charge in [-0.25, -0.2) is 9.97 Å². The zero-order chi connectivity index (χ0) is 17.2. The molecule has 0 atom stereocenters. The van der Waals surface area contributed by atoms with Crippen LogP contribution in [0.2, 0.25) is 5.02 Å². The van der Waals surface area contributed by atoms with Gasteiger partial charge in [-0.05, 0) is 31.0 Å². The van der Waals surface area contributed by atoms with Gasteiger partial charge in [-0.3, -0.25) is 0 Å². The largest absolute Gasteiger partial charge is 0.418 e. The van der Waals surface area contributed by atoms with Gasteiger partial charge in [0.15, 0.2) is 0 Å². The maximum Gasteiger partial charge on any atom is 0.418 e. The molecule has 1 aliphatic carbocycles. The highest BCUT2D eigenvalue weighted by molar-refractivity contribution is 6.30. The molecule has 1 saturated carbocycles. The van der Waals surface area contributed by atoms with Gasteiger partial charge >= 0.3 is 6.18 Å². The zero-order valence-corrected chi connectivity index (χ0v) is 13.5. The molecule has 1 aromatic carbocycles. The second-order valence-corrected chi connectivity index (χ2v) is 6.16. The van der Waals surface area contributed by atoms with Crippen molar-refractivity contribution < 1.29 is 13.2 Å². The summed E-state index contributed by atoms with van der Waals surface area (Å²) in [6, 6.07) is 5.54. The summed E-state index contributed by atoms with van der Waals surface area (Å²) in [6.07, 6.45) is 1.31. The van der Waals surface area contributed by atoms with E-state index in [1.54, 1.807) is 6.07 Å². The highest BCUT2D eigenvalue weighted by Gasteiger charge is 2.34. The summed E-state index contributed by atoms with van der Waals surface area (Å²) in [4.78, 5) is 8.12. The number of nitrogens with zero attached hydrogens (tertiary/aromatic N) is 2. The predicted molar refractivity (Wildman–Crippen MR) is 87.6 cm³/mol. The van der Waals surface area contributed by atoms with Crippen LogP contribution in [0.5, 0.6) is 0 Å². The van der Waals surface area contributed by atoms with Crippen LogP contribution in [0.3, 0.4) is 0 Å². The molecule has 3 rings (SSSR count). The Morgan fingerprint density at radius 3 is 2.46 bits per heavy atom. The first kappa shape index (κ1) is 16.8. The first-order chi connectivity index (χ1) is 11.4. The number of aromatic nitrogens is 2. The van der Waals surface area contributed by atoms with E-state index in [4.69, 9.17) is 11.6 Å². The molecule has 0 saturated heterocycles. The average Bonchev–Trinajstić information content (AvgIpc) is 3.01. The van der Waals surface area contributed by atoms with Gasteiger partial charge in [-0.15, -0.1) is 0 Å². The van der Waals surface area contributed by atoms with Gasteiger partial charge in [-0.1, -0.05) is 24.4 Å². The summed E-state index contributed by atoms with van der Waals surface area (Å²) >= 11 is 5.68. The maximum atomic E-state index is 13.1. The van der Waals surface area contributed by atoms with Crippen molar-refractivity contribution in [3.05, 3.63) is 41.2 Å². The molecule has 1 heterocycles. The van der Waals surface area contributed by atoms with Crippen molar-refractivity contribution in [2.75, 3.05) is 10.6 Å². The maximum absolute atomic E-state index is 13.1. The third kappa shape index (κ3) is 4.08. The molecule has 128 valence electrons. The molecule has 2 N–H and O–H groups in total. The monoisotopic (exact) mass is 356 g/mol. The van der Waals surface area contributed by atoms with E-state index in [1.165, 1.54) is 31.3 Å². The van der Waals surface area contributed by atoms with Crippen LogP contribution in [0.25, 0.3) is 0 Å². The SMILES string of the molecule is FC(F)(F)c1cc(Cl)ccc1Nc1cc(NC2CCCC2)ncn1. The fourth-order valence-corrected chi connectivity index (χ4v) is 2.95. The Kier molecular flexibility index (Phi) is 4.80. The number of hydrogen-bond donors (Lipinski definition) is 2. The van der Waals surface area contributed by atoms with E-state index in [2.05, 4.69) is 20.6 Å². The minimum atomic E-state index is -4.51. The number of rotatable bonds is 4. The van der Waals surface area contributed by atoms with Gasteiger partial charge in [0.05, 0.1) is 11.3 Å². The van der Waals surface area contributed by atoms with Crippen molar-refractivity contribution in [2.45, 2.75) is 37.9 Å². The van der Waals surface area contributed by atoms with Crippen LogP contribution in [-0.2, 0) is 6.18 Å². The lowest BCUT2D eigenvalue weighted by molar-refractivity contribution is -0.136. The molecule has 8 heteroatoms. The standard InChI is InChI=1S/C16H16ClF3N4/c17-10-5-6-13(12(7-10)16(18,19)20)24-15-8-14(21-9-22-15)23-11-3-1-2-4-11/h5-9,11H,1-4H2,(H2,21,22,23,24). The van der Waals surface area contributed by atoms with Gasteiger partial charge in [0.1, 0.15) is 18.0 Å². The van der Waals surface area contributed by atoms with Crippen LogP contribution >= 0.6 is 11.6 Å². The average molecular weight is 357 g/mol. The minimum absolute atomic E-state index is 0.0270. The molecule has 0 radical (unpaired) electrons. The van der Waals surface area contributed by atoms with E-state index in [0.717, 1.165) is 18.9 Å². The Bertz CT molecular complexity index is 715. The molecular formula is C16H16ClF3N4. The third-order valence-electron chi connectivity index (χ3n) is 3.92. The van der Waals surface area contributed by atoms with E-state index in [1.807, 2.05) is 0 Å². The molecule has 4 nitrogen and oxygen atoms in total. The summed E-state index contributed by atoms with van der Waals surface area (Å²) in [5.41, 5.74) is -0.934. The molecule has 0 unspecified atom stereocenters. The zero-order valence-electron chi connectivity index (χ0n) is 12.7. The second-order valence-electron chi connectivity index (χ2n) is 5.73. The molecule has 1 aromatic heterocycles. The topological polar surface area (TPSA) is 49.8 Å². The van der Waals surface area contributed by atoms with E-state index in [-0.39, 0.29) is 10.7 Å². The molecule has 1 aliphatic rings. The van der Waals surface area contributed by atoms with Gasteiger partial charge in [-0.2, -0.15) is 13.2 Å². The van der Waals surface area contributed by atoms with Crippen molar-refractivity contribution in [1.82, 2.24) is 9.97 Å². The highest BCUT2D eigenvalue weighted by atomic mass is 35.5. The van der Waals surface area contributed by atoms with Crippen molar-refractivity contribution in [3.8, 4) is 0 Å². The molecule has 0 aliphatic heterocycles. The van der Waals surface area contributed by atoms with E-state index in [0.29, 0.717) is 17.7 Å². The summed E-state index contributed by atoms with van der Waals surface area (Å²) in [6.45, 7) is 0. The molecule has 0 amide bonds. The van der Waals surface area contributed by atoms with Gasteiger partial charge in [0.25, 0.3) is 0 Å². The highest BCUT2D eigenvalue weighted by Crippen LogP contribution is 2.37. The first-order valence-corrected chi connectivity index (χ1v) is 8.02. The van der Waals surface area contributed by atoms with Crippen LogP contribution in [-0.4, -0.2) is 16.0 Å². The number of alkyl halides is 3. The van der Waals surface area contributed by atoms with E-state index in [9.17, 15) is 13.2 Å². The molecule has 24 heavy (non-hydrogen) atoms. The number of anilines is 3. The fraction of sp³-hybridized carbons (Fsp3) is 0.375. The van der Waals surface area contributed by atoms with Gasteiger partial charge in [0.2, 0.25) is 0 Å². The van der Waals surface area contributed by atoms with Crippen LogP contribution < -0.4 is 10.6 Å². The Morgan fingerprint density at radius 2 is 1.75 bits per heavy atom. The van der Waals surface area contributed by atoms with Crippen molar-refractivity contribution in [1.29, 1.82) is 0 Å². The van der Waals surface area contributed by atoms with Gasteiger partial charge < -0.3 is 10.6 Å². The van der Waals surface area contributed by atoms with Crippen molar-refractivity contribution in [2.24, 2.45) is 0 Å². The number of halogens is 4. The smallest absolute Gasteiger partial charge is 0.367 e. The Balaban J connectivity index is 1.81. The van der Waals surface area contributed by atoms with Crippen molar-refractivity contribution in [3.63, 3.8) is 0 Å². The minimum Gasteiger partial charge on any atom is -0.367 e. The van der Waals surface area contributed by atoms with Crippen LogP contribution in [0.15, 0.2) is 30.6 Å². The lowest BCUT2D eigenvalue weighted by Crippen LogP contribution is -2.15. The summed E-state index contributed by atoms with van der Waals surface area (Å²) < 4.78 is 39.4. The lowest BCUT2D eigenvalue weighted by atomic mass is 10.1. The molecular weight excluding hydrogens is 341 g/mol. The van der Waals surface area contributed by atoms with Crippen LogP contribution in [0, 0.1) is 0 Å². The van der Waals surface area contributed by atoms with Crippen LogP contribution in [0.1, 0.15) is 31.2 Å². The lowest BCUT2D eigenvalue weighted by Gasteiger charge is -2.16. The summed E-state index contributed by atoms with van der Waals surface area (Å²) in [5, 5.41) is 6.02. The number of nitrogens with one attached hydrogen (secondary N) is 2. The quantitative estimate of drug-likeness (QED) is 0.785. The Hall–Kier alpha value is -2.02. The normalized spacial score (nSPS) is 15.5. The third-order valence-corrected chi connectivity index (χ3v) is 4.16. The molecule has 2 aromatic rings. The van der Waals surface area contributed by atoms with Crippen LogP contribution in [0.4, 0.5) is 30.5 Å². The Labute approximate surface area is 142 Å². The predicted octanol–water partition coefficient (Wildman–Crippen LogP) is 5.25. The summed E-state index contributed by atoms with van der Waals surface area (Å²) in [5.74, 6) is 0.889. The second kappa shape index (κ2) is 6.84. The Morgan fingerprint density at radius 1 is 1.04 bits per heavy atom. The van der Waals surface area contributed by atoms with E-state index < -0.39 is 11.7 Å². The number of hydrogen-bond acceptors (Lipinski definition) is 4. The van der Waals surface area contributed by atoms with Crippen molar-refractivity contribution >= 4 is 28.9 Å². The summed E-state index contributed by atoms with van der Waals surface area (Å²) in [7, 11) is 0. The molecule has 0 bridgehead atoms. The number of benzene rings is 1. The fourth-order valence-electron chi connectivity index (χ4n) is 2.78.